The minimum Gasteiger partial charge on any atom is -0.493 e. The molecule has 1 aromatic rings. The van der Waals surface area contributed by atoms with Gasteiger partial charge in [0.1, 0.15) is 0 Å². The third-order valence-corrected chi connectivity index (χ3v) is 4.58. The largest absolute Gasteiger partial charge is 0.493 e. The van der Waals surface area contributed by atoms with Crippen molar-refractivity contribution in [2.45, 2.75) is 51.2 Å². The minimum atomic E-state index is -0.613. The monoisotopic (exact) mass is 477 g/mol. The van der Waals surface area contributed by atoms with Gasteiger partial charge in [0.25, 0.3) is 0 Å². The van der Waals surface area contributed by atoms with Crippen molar-refractivity contribution < 1.29 is 14.6 Å². The lowest BCUT2D eigenvalue weighted by atomic mass is 9.85. The molecule has 0 unspecified atom stereocenters. The zero-order chi connectivity index (χ0) is 18.1. The van der Waals surface area contributed by atoms with Gasteiger partial charge in [-0.2, -0.15) is 0 Å². The first-order chi connectivity index (χ1) is 12.1. The van der Waals surface area contributed by atoms with E-state index in [0.717, 1.165) is 43.8 Å². The Morgan fingerprint density at radius 3 is 2.42 bits per heavy atom. The minimum absolute atomic E-state index is 0. The number of aliphatic hydroxyl groups is 1. The number of nitrogens with one attached hydrogen (secondary N) is 2. The van der Waals surface area contributed by atoms with Gasteiger partial charge in [-0.3, -0.25) is 0 Å². The maximum absolute atomic E-state index is 10.6. The van der Waals surface area contributed by atoms with E-state index in [1.165, 1.54) is 6.42 Å². The molecule has 26 heavy (non-hydrogen) atoms. The Bertz CT molecular complexity index is 575. The molecular weight excluding hydrogens is 445 g/mol. The number of nitrogens with zero attached hydrogens (tertiary/aromatic N) is 1. The highest BCUT2D eigenvalue weighted by atomic mass is 127. The van der Waals surface area contributed by atoms with Crippen molar-refractivity contribution in [3.05, 3.63) is 23.8 Å². The zero-order valence-electron chi connectivity index (χ0n) is 16.0. The van der Waals surface area contributed by atoms with E-state index in [2.05, 4.69) is 15.6 Å². The molecule has 1 saturated carbocycles. The molecular formula is C19H32IN3O3. The first-order valence-electron chi connectivity index (χ1n) is 9.05. The number of aliphatic imine (C=N–C) groups is 1. The second kappa shape index (κ2) is 11.5. The Kier molecular flexibility index (Phi) is 10.1. The summed E-state index contributed by atoms with van der Waals surface area (Å²) in [4.78, 5) is 4.62. The normalized spacial score (nSPS) is 16.4. The van der Waals surface area contributed by atoms with E-state index in [1.807, 2.05) is 25.1 Å². The zero-order valence-corrected chi connectivity index (χ0v) is 18.3. The Morgan fingerprint density at radius 1 is 1.12 bits per heavy atom. The van der Waals surface area contributed by atoms with E-state index in [1.54, 1.807) is 14.2 Å². The Balaban J connectivity index is 0.00000338. The lowest BCUT2D eigenvalue weighted by Gasteiger charge is -2.32. The standard InChI is InChI=1S/C19H31N3O3.HI/c1-4-20-18(22-14-19(23)10-6-5-7-11-19)21-13-15-8-9-16(24-2)17(12-15)25-3;/h8-9,12,23H,4-7,10-11,13-14H2,1-3H3,(H2,20,21,22);1H. The first kappa shape index (κ1) is 22.8. The highest BCUT2D eigenvalue weighted by Crippen LogP contribution is 2.28. The molecule has 2 rings (SSSR count). The maximum atomic E-state index is 10.6. The van der Waals surface area contributed by atoms with Crippen LogP contribution in [0.15, 0.2) is 23.2 Å². The van der Waals surface area contributed by atoms with Crippen LogP contribution in [0.4, 0.5) is 0 Å². The SMILES string of the molecule is CCNC(=NCc1ccc(OC)c(OC)c1)NCC1(O)CCCCC1.I. The lowest BCUT2D eigenvalue weighted by Crippen LogP contribution is -2.48. The van der Waals surface area contributed by atoms with E-state index in [0.29, 0.717) is 24.6 Å². The highest BCUT2D eigenvalue weighted by Gasteiger charge is 2.29. The molecule has 0 bridgehead atoms. The summed E-state index contributed by atoms with van der Waals surface area (Å²) in [6.45, 7) is 3.86. The summed E-state index contributed by atoms with van der Waals surface area (Å²) in [5.74, 6) is 2.13. The molecule has 0 atom stereocenters. The molecule has 0 aromatic heterocycles. The fourth-order valence-corrected chi connectivity index (χ4v) is 3.13. The number of methoxy groups -OCH3 is 2. The molecule has 0 amide bonds. The van der Waals surface area contributed by atoms with Crippen LogP contribution in [0.3, 0.4) is 0 Å². The van der Waals surface area contributed by atoms with Crippen LogP contribution in [0.25, 0.3) is 0 Å². The molecule has 0 aliphatic heterocycles. The third-order valence-electron chi connectivity index (χ3n) is 4.58. The van der Waals surface area contributed by atoms with Crippen molar-refractivity contribution in [2.75, 3.05) is 27.3 Å². The Morgan fingerprint density at radius 2 is 1.81 bits per heavy atom. The summed E-state index contributed by atoms with van der Waals surface area (Å²) in [6, 6.07) is 5.79. The topological polar surface area (TPSA) is 75.1 Å². The van der Waals surface area contributed by atoms with Crippen LogP contribution >= 0.6 is 24.0 Å². The molecule has 1 aromatic carbocycles. The molecule has 3 N–H and O–H groups in total. The van der Waals surface area contributed by atoms with Crippen LogP contribution in [0.1, 0.15) is 44.6 Å². The van der Waals surface area contributed by atoms with Crippen molar-refractivity contribution >= 4 is 29.9 Å². The summed E-state index contributed by atoms with van der Waals surface area (Å²) in [5, 5.41) is 17.1. The van der Waals surface area contributed by atoms with Crippen molar-refractivity contribution in [2.24, 2.45) is 4.99 Å². The quantitative estimate of drug-likeness (QED) is 0.320. The average Bonchev–Trinajstić information content (AvgIpc) is 2.64. The van der Waals surface area contributed by atoms with Gasteiger partial charge in [-0.1, -0.05) is 25.3 Å². The second-order valence-corrected chi connectivity index (χ2v) is 6.52. The van der Waals surface area contributed by atoms with Crippen molar-refractivity contribution in [1.82, 2.24) is 10.6 Å². The summed E-state index contributed by atoms with van der Waals surface area (Å²) < 4.78 is 10.6. The van der Waals surface area contributed by atoms with Crippen LogP contribution in [-0.4, -0.2) is 44.0 Å². The number of halogens is 1. The van der Waals surface area contributed by atoms with Crippen molar-refractivity contribution in [1.29, 1.82) is 0 Å². The number of guanidine groups is 1. The molecule has 0 radical (unpaired) electrons. The van der Waals surface area contributed by atoms with Crippen LogP contribution < -0.4 is 20.1 Å². The van der Waals surface area contributed by atoms with Crippen molar-refractivity contribution in [3.8, 4) is 11.5 Å². The van der Waals surface area contributed by atoms with E-state index in [9.17, 15) is 5.11 Å². The molecule has 1 aliphatic rings. The van der Waals surface area contributed by atoms with Crippen LogP contribution in [0.2, 0.25) is 0 Å². The highest BCUT2D eigenvalue weighted by molar-refractivity contribution is 14.0. The molecule has 1 aliphatic carbocycles. The van der Waals surface area contributed by atoms with Crippen molar-refractivity contribution in [3.63, 3.8) is 0 Å². The predicted octanol–water partition coefficient (Wildman–Crippen LogP) is 3.07. The van der Waals surface area contributed by atoms with E-state index in [4.69, 9.17) is 9.47 Å². The number of hydrogen-bond donors (Lipinski definition) is 3. The smallest absolute Gasteiger partial charge is 0.191 e. The van der Waals surface area contributed by atoms with Gasteiger partial charge >= 0.3 is 0 Å². The summed E-state index contributed by atoms with van der Waals surface area (Å²) in [5.41, 5.74) is 0.420. The van der Waals surface area contributed by atoms with Crippen LogP contribution in [0.5, 0.6) is 11.5 Å². The van der Waals surface area contributed by atoms with E-state index >= 15 is 0 Å². The van der Waals surface area contributed by atoms with Gasteiger partial charge in [-0.25, -0.2) is 4.99 Å². The third kappa shape index (κ3) is 6.83. The lowest BCUT2D eigenvalue weighted by molar-refractivity contribution is 0.00859. The summed E-state index contributed by atoms with van der Waals surface area (Å²) in [7, 11) is 3.25. The molecule has 0 heterocycles. The van der Waals surface area contributed by atoms with Gasteiger partial charge in [0.05, 0.1) is 26.4 Å². The fourth-order valence-electron chi connectivity index (χ4n) is 3.13. The first-order valence-corrected chi connectivity index (χ1v) is 9.05. The van der Waals surface area contributed by atoms with Gasteiger partial charge in [-0.15, -0.1) is 24.0 Å². The number of benzene rings is 1. The van der Waals surface area contributed by atoms with Crippen LogP contribution in [-0.2, 0) is 6.54 Å². The Labute approximate surface area is 173 Å². The summed E-state index contributed by atoms with van der Waals surface area (Å²) >= 11 is 0. The van der Waals surface area contributed by atoms with Crippen LogP contribution in [0, 0.1) is 0 Å². The Hall–Kier alpha value is -1.22. The maximum Gasteiger partial charge on any atom is 0.191 e. The molecule has 0 saturated heterocycles. The fraction of sp³-hybridized carbons (Fsp3) is 0.632. The number of hydrogen-bond acceptors (Lipinski definition) is 4. The van der Waals surface area contributed by atoms with Gasteiger partial charge in [0, 0.05) is 13.1 Å². The summed E-state index contributed by atoms with van der Waals surface area (Å²) in [6.07, 6.45) is 5.12. The molecule has 6 nitrogen and oxygen atoms in total. The van der Waals surface area contributed by atoms with E-state index < -0.39 is 5.60 Å². The van der Waals surface area contributed by atoms with E-state index in [-0.39, 0.29) is 24.0 Å². The molecule has 0 spiro atoms. The van der Waals surface area contributed by atoms with Gasteiger partial charge in [0.15, 0.2) is 17.5 Å². The molecule has 1 fully saturated rings. The molecule has 148 valence electrons. The van der Waals surface area contributed by atoms with Gasteiger partial charge < -0.3 is 25.2 Å². The number of rotatable bonds is 7. The average molecular weight is 477 g/mol. The van der Waals surface area contributed by atoms with Gasteiger partial charge in [-0.05, 0) is 37.5 Å². The van der Waals surface area contributed by atoms with Gasteiger partial charge in [0.2, 0.25) is 0 Å². The molecule has 7 heteroatoms. The predicted molar refractivity (Wildman–Crippen MR) is 116 cm³/mol. The second-order valence-electron chi connectivity index (χ2n) is 6.52. The number of ether oxygens (including phenoxy) is 2.